The van der Waals surface area contributed by atoms with Crippen molar-refractivity contribution in [1.82, 2.24) is 4.57 Å². The Morgan fingerprint density at radius 1 is 1.07 bits per heavy atom. The Morgan fingerprint density at radius 2 is 1.82 bits per heavy atom. The van der Waals surface area contributed by atoms with Crippen LogP contribution in [0.1, 0.15) is 32.6 Å². The molecule has 0 atom stereocenters. The van der Waals surface area contributed by atoms with E-state index in [2.05, 4.69) is 48.7 Å². The molecule has 1 aromatic heterocycles. The van der Waals surface area contributed by atoms with E-state index in [4.69, 9.17) is 10.5 Å². The van der Waals surface area contributed by atoms with Crippen LogP contribution in [0.4, 0.5) is 0 Å². The summed E-state index contributed by atoms with van der Waals surface area (Å²) in [7, 11) is 1.68. The molecule has 3 aromatic carbocycles. The molecule has 0 aliphatic heterocycles. The third-order valence-electron chi connectivity index (χ3n) is 5.05. The van der Waals surface area contributed by atoms with E-state index in [9.17, 15) is 4.79 Å². The summed E-state index contributed by atoms with van der Waals surface area (Å²) in [5.41, 5.74) is 12.9. The Balaban J connectivity index is 2.02. The fourth-order valence-electron chi connectivity index (χ4n) is 4.07. The number of nitrogens with zero attached hydrogens (tertiary/aromatic N) is 1. The van der Waals surface area contributed by atoms with Gasteiger partial charge in [0.2, 0.25) is 5.91 Å². The van der Waals surface area contributed by atoms with Gasteiger partial charge in [0.15, 0.2) is 0 Å². The van der Waals surface area contributed by atoms with Gasteiger partial charge < -0.3 is 15.0 Å². The van der Waals surface area contributed by atoms with E-state index in [1.54, 1.807) is 13.2 Å². The number of methoxy groups -OCH3 is 1. The van der Waals surface area contributed by atoms with Gasteiger partial charge in [-0.3, -0.25) is 4.79 Å². The number of carbonyl (C=O) groups is 1. The van der Waals surface area contributed by atoms with Crippen LogP contribution in [0.15, 0.2) is 48.5 Å². The molecule has 0 spiro atoms. The number of amides is 1. The van der Waals surface area contributed by atoms with E-state index >= 15 is 0 Å². The van der Waals surface area contributed by atoms with Gasteiger partial charge in [-0.15, -0.1) is 0 Å². The Morgan fingerprint density at radius 3 is 2.50 bits per heavy atom. The first-order valence-electron chi connectivity index (χ1n) is 9.29. The van der Waals surface area contributed by atoms with Gasteiger partial charge in [0.25, 0.3) is 0 Å². The Hall–Kier alpha value is -3.11. The van der Waals surface area contributed by atoms with Crippen molar-refractivity contribution in [1.29, 1.82) is 0 Å². The Bertz CT molecular complexity index is 1180. The Kier molecular flexibility index (Phi) is 4.65. The number of fused-ring (bicyclic) bond motifs is 3. The lowest BCUT2D eigenvalue weighted by atomic mass is 10.0. The van der Waals surface area contributed by atoms with E-state index in [0.717, 1.165) is 27.4 Å². The standard InChI is InChI=1S/C24H23N2O2/c1-15-9-16(2)11-18(10-15)13-26-21-6-4-5-20(24(25)27)23(21)19-8-7-17(14-28-3)12-22(19)26/h4-7,9-12H,13-14H2,1-3H3,(H2,25,27). The minimum atomic E-state index is -0.426. The van der Waals surface area contributed by atoms with Crippen LogP contribution in [-0.4, -0.2) is 17.6 Å². The molecular weight excluding hydrogens is 348 g/mol. The zero-order valence-corrected chi connectivity index (χ0v) is 16.4. The smallest absolute Gasteiger partial charge is 0.249 e. The van der Waals surface area contributed by atoms with E-state index in [1.807, 2.05) is 18.2 Å². The second kappa shape index (κ2) is 7.13. The normalized spacial score (nSPS) is 11.4. The summed E-state index contributed by atoms with van der Waals surface area (Å²) in [4.78, 5) is 12.1. The van der Waals surface area contributed by atoms with E-state index < -0.39 is 5.91 Å². The zero-order chi connectivity index (χ0) is 19.8. The van der Waals surface area contributed by atoms with Crippen molar-refractivity contribution >= 4 is 27.7 Å². The predicted octanol–water partition coefficient (Wildman–Crippen LogP) is 4.51. The quantitative estimate of drug-likeness (QED) is 0.561. The van der Waals surface area contributed by atoms with Gasteiger partial charge in [0.1, 0.15) is 0 Å². The average Bonchev–Trinajstić information content (AvgIpc) is 2.94. The van der Waals surface area contributed by atoms with Crippen molar-refractivity contribution in [2.75, 3.05) is 7.11 Å². The first-order chi connectivity index (χ1) is 13.5. The average molecular weight is 371 g/mol. The molecule has 0 fully saturated rings. The Labute approximate surface area is 164 Å². The third-order valence-corrected chi connectivity index (χ3v) is 5.05. The molecule has 141 valence electrons. The number of benzene rings is 3. The monoisotopic (exact) mass is 371 g/mol. The van der Waals surface area contributed by atoms with Crippen LogP contribution in [0.2, 0.25) is 0 Å². The molecule has 0 aliphatic rings. The maximum atomic E-state index is 12.1. The number of nitrogens with two attached hydrogens (primary N) is 1. The number of carbonyl (C=O) groups excluding carboxylic acids is 1. The lowest BCUT2D eigenvalue weighted by Gasteiger charge is -2.11. The topological polar surface area (TPSA) is 57.2 Å². The summed E-state index contributed by atoms with van der Waals surface area (Å²) < 4.78 is 7.54. The fraction of sp³-hybridized carbons (Fsp3) is 0.208. The van der Waals surface area contributed by atoms with Gasteiger partial charge in [-0.05, 0) is 55.3 Å². The molecule has 4 heteroatoms. The van der Waals surface area contributed by atoms with Crippen LogP contribution in [0.5, 0.6) is 0 Å². The number of hydrogen-bond donors (Lipinski definition) is 1. The summed E-state index contributed by atoms with van der Waals surface area (Å²) in [5, 5.41) is 1.77. The highest BCUT2D eigenvalue weighted by Gasteiger charge is 2.17. The van der Waals surface area contributed by atoms with Crippen molar-refractivity contribution in [3.05, 3.63) is 82.4 Å². The molecule has 4 nitrogen and oxygen atoms in total. The fourth-order valence-corrected chi connectivity index (χ4v) is 4.07. The number of aryl methyl sites for hydroxylation is 2. The number of ether oxygens (including phenoxy) is 1. The highest BCUT2D eigenvalue weighted by atomic mass is 16.5. The largest absolute Gasteiger partial charge is 0.380 e. The molecule has 1 heterocycles. The lowest BCUT2D eigenvalue weighted by Crippen LogP contribution is -2.11. The highest BCUT2D eigenvalue weighted by molar-refractivity contribution is 6.17. The van der Waals surface area contributed by atoms with Gasteiger partial charge in [0, 0.05) is 30.0 Å². The van der Waals surface area contributed by atoms with Crippen LogP contribution in [0.3, 0.4) is 0 Å². The second-order valence-electron chi connectivity index (χ2n) is 7.35. The van der Waals surface area contributed by atoms with Crippen molar-refractivity contribution in [3.8, 4) is 0 Å². The van der Waals surface area contributed by atoms with Crippen LogP contribution in [0.25, 0.3) is 21.8 Å². The van der Waals surface area contributed by atoms with Gasteiger partial charge in [0.05, 0.1) is 17.6 Å². The van der Waals surface area contributed by atoms with Crippen LogP contribution < -0.4 is 5.73 Å². The van der Waals surface area contributed by atoms with Crippen LogP contribution in [-0.2, 0) is 17.9 Å². The maximum absolute atomic E-state index is 12.1. The van der Waals surface area contributed by atoms with Gasteiger partial charge in [-0.1, -0.05) is 35.4 Å². The molecule has 0 bridgehead atoms. The van der Waals surface area contributed by atoms with Crippen molar-refractivity contribution in [2.45, 2.75) is 27.0 Å². The lowest BCUT2D eigenvalue weighted by molar-refractivity contribution is 0.100. The van der Waals surface area contributed by atoms with Crippen LogP contribution >= 0.6 is 0 Å². The predicted molar refractivity (Wildman–Crippen MR) is 113 cm³/mol. The van der Waals surface area contributed by atoms with E-state index in [0.29, 0.717) is 18.7 Å². The number of hydrogen-bond acceptors (Lipinski definition) is 2. The SMILES string of the molecule is COCc1c[c]c2c3c(C(N)=O)cccc3n(Cc3cc(C)cc(C)c3)c2c1. The third kappa shape index (κ3) is 3.16. The summed E-state index contributed by atoms with van der Waals surface area (Å²) in [6, 6.07) is 19.7. The molecule has 1 amide bonds. The molecule has 2 N–H and O–H groups in total. The molecule has 0 saturated heterocycles. The first-order valence-corrected chi connectivity index (χ1v) is 9.29. The van der Waals surface area contributed by atoms with E-state index in [-0.39, 0.29) is 0 Å². The number of aromatic nitrogens is 1. The molecule has 1 radical (unpaired) electrons. The summed E-state index contributed by atoms with van der Waals surface area (Å²) in [6.07, 6.45) is 0. The van der Waals surface area contributed by atoms with Gasteiger partial charge in [-0.25, -0.2) is 0 Å². The summed E-state index contributed by atoms with van der Waals surface area (Å²) >= 11 is 0. The van der Waals surface area contributed by atoms with Crippen molar-refractivity contribution < 1.29 is 9.53 Å². The minimum absolute atomic E-state index is 0.426. The van der Waals surface area contributed by atoms with Gasteiger partial charge >= 0.3 is 0 Å². The van der Waals surface area contributed by atoms with E-state index in [1.165, 1.54) is 16.7 Å². The first kappa shape index (κ1) is 18.3. The summed E-state index contributed by atoms with van der Waals surface area (Å²) in [5.74, 6) is -0.426. The molecule has 28 heavy (non-hydrogen) atoms. The zero-order valence-electron chi connectivity index (χ0n) is 16.4. The molecular formula is C24H23N2O2. The molecule has 0 saturated carbocycles. The molecule has 4 rings (SSSR count). The molecule has 0 aliphatic carbocycles. The van der Waals surface area contributed by atoms with Gasteiger partial charge in [-0.2, -0.15) is 0 Å². The molecule has 4 aromatic rings. The number of rotatable bonds is 5. The molecule has 0 unspecified atom stereocenters. The highest BCUT2D eigenvalue weighted by Crippen LogP contribution is 2.33. The number of primary amides is 1. The van der Waals surface area contributed by atoms with Crippen molar-refractivity contribution in [2.24, 2.45) is 5.73 Å². The second-order valence-corrected chi connectivity index (χ2v) is 7.35. The van der Waals surface area contributed by atoms with Crippen LogP contribution in [0, 0.1) is 19.9 Å². The summed E-state index contributed by atoms with van der Waals surface area (Å²) in [6.45, 7) is 5.44. The van der Waals surface area contributed by atoms with Crippen molar-refractivity contribution in [3.63, 3.8) is 0 Å². The minimum Gasteiger partial charge on any atom is -0.380 e. The maximum Gasteiger partial charge on any atom is 0.249 e.